The van der Waals surface area contributed by atoms with E-state index in [4.69, 9.17) is 0 Å². The first kappa shape index (κ1) is 7.84. The Morgan fingerprint density at radius 2 is 1.83 bits per heavy atom. The molecule has 12 heavy (non-hydrogen) atoms. The van der Waals surface area contributed by atoms with Gasteiger partial charge in [0.25, 0.3) is 0 Å². The molecule has 0 N–H and O–H groups in total. The zero-order valence-corrected chi connectivity index (χ0v) is 7.30. The monoisotopic (exact) mass is 165 g/mol. The number of aliphatic carboxylic acids is 1. The Hall–Kier alpha value is -0.790. The number of hydrogen-bond acceptors (Lipinski definition) is 2. The molecule has 66 valence electrons. The minimum Gasteiger partial charge on any atom is -0.549 e. The molecule has 0 spiro atoms. The zero-order chi connectivity index (χ0) is 8.82. The van der Waals surface area contributed by atoms with E-state index in [0.29, 0.717) is 0 Å². The lowest BCUT2D eigenvalue weighted by atomic mass is 9.59. The summed E-state index contributed by atoms with van der Waals surface area (Å²) in [6, 6.07) is 0. The van der Waals surface area contributed by atoms with Crippen LogP contribution in [0.3, 0.4) is 0 Å². The Morgan fingerprint density at radius 1 is 1.25 bits per heavy atom. The lowest BCUT2D eigenvalue weighted by Gasteiger charge is -2.47. The van der Waals surface area contributed by atoms with Gasteiger partial charge < -0.3 is 9.90 Å². The summed E-state index contributed by atoms with van der Waals surface area (Å²) in [6.45, 7) is 2.20. The van der Waals surface area contributed by atoms with Gasteiger partial charge in [-0.25, -0.2) is 0 Å². The quantitative estimate of drug-likeness (QED) is 0.541. The number of allylic oxidation sites excluding steroid dienone is 1. The molecular formula is C10H13O2-. The van der Waals surface area contributed by atoms with Crippen LogP contribution in [0.2, 0.25) is 0 Å². The summed E-state index contributed by atoms with van der Waals surface area (Å²) in [6.07, 6.45) is 7.45. The molecule has 0 aliphatic heterocycles. The van der Waals surface area contributed by atoms with E-state index >= 15 is 0 Å². The third kappa shape index (κ3) is 0.904. The molecular weight excluding hydrogens is 152 g/mol. The molecule has 3 rings (SSSR count). The normalized spacial score (nSPS) is 44.8. The van der Waals surface area contributed by atoms with Gasteiger partial charge in [0.1, 0.15) is 0 Å². The van der Waals surface area contributed by atoms with Crippen LogP contribution in [-0.2, 0) is 4.79 Å². The van der Waals surface area contributed by atoms with Gasteiger partial charge in [0.15, 0.2) is 0 Å². The van der Waals surface area contributed by atoms with Crippen molar-refractivity contribution in [1.29, 1.82) is 0 Å². The molecule has 3 aliphatic rings. The van der Waals surface area contributed by atoms with Crippen molar-refractivity contribution >= 4 is 5.97 Å². The molecule has 1 fully saturated rings. The minimum absolute atomic E-state index is 0.275. The third-order valence-corrected chi connectivity index (χ3v) is 3.50. The van der Waals surface area contributed by atoms with Crippen molar-refractivity contribution in [2.45, 2.75) is 32.6 Å². The smallest absolute Gasteiger partial charge is 0.0514 e. The van der Waals surface area contributed by atoms with E-state index in [0.717, 1.165) is 25.7 Å². The number of fused-ring (bicyclic) bond motifs is 2. The number of carboxylic acids is 1. The summed E-state index contributed by atoms with van der Waals surface area (Å²) in [7, 11) is 0. The fourth-order valence-corrected chi connectivity index (χ4v) is 2.23. The lowest BCUT2D eigenvalue weighted by Crippen LogP contribution is -2.47. The van der Waals surface area contributed by atoms with Crippen molar-refractivity contribution in [3.8, 4) is 0 Å². The van der Waals surface area contributed by atoms with Crippen molar-refractivity contribution in [3.63, 3.8) is 0 Å². The molecule has 0 aromatic carbocycles. The molecule has 0 amide bonds. The molecule has 0 aromatic rings. The number of rotatable bonds is 1. The van der Waals surface area contributed by atoms with Crippen molar-refractivity contribution in [2.75, 3.05) is 0 Å². The van der Waals surface area contributed by atoms with Gasteiger partial charge in [-0.15, -0.1) is 0 Å². The van der Waals surface area contributed by atoms with Gasteiger partial charge in [0, 0.05) is 5.41 Å². The average Bonchev–Trinajstić information content (AvgIpc) is 2.06. The molecule has 2 bridgehead atoms. The second-order valence-electron chi connectivity index (χ2n) is 4.43. The summed E-state index contributed by atoms with van der Waals surface area (Å²) in [5.74, 6) is -0.888. The second kappa shape index (κ2) is 2.12. The molecule has 2 nitrogen and oxygen atoms in total. The number of carboxylic acid groups (broad SMARTS) is 1. The summed E-state index contributed by atoms with van der Waals surface area (Å²) in [4.78, 5) is 10.9. The fourth-order valence-electron chi connectivity index (χ4n) is 2.23. The lowest BCUT2D eigenvalue weighted by molar-refractivity contribution is -0.318. The number of hydrogen-bond donors (Lipinski definition) is 0. The summed E-state index contributed by atoms with van der Waals surface area (Å²) in [5.41, 5.74) is -0.338. The van der Waals surface area contributed by atoms with E-state index < -0.39 is 11.4 Å². The van der Waals surface area contributed by atoms with Crippen LogP contribution in [-0.4, -0.2) is 5.97 Å². The SMILES string of the molecule is CC12C=CC(C(=O)[O-])(CC1)CC2. The molecule has 0 aromatic heterocycles. The van der Waals surface area contributed by atoms with E-state index in [9.17, 15) is 9.90 Å². The highest BCUT2D eigenvalue weighted by atomic mass is 16.4. The maximum Gasteiger partial charge on any atom is 0.0514 e. The highest BCUT2D eigenvalue weighted by Gasteiger charge is 2.42. The second-order valence-corrected chi connectivity index (χ2v) is 4.43. The van der Waals surface area contributed by atoms with Gasteiger partial charge in [-0.1, -0.05) is 19.1 Å². The standard InChI is InChI=1S/C10H14O2/c1-9-2-5-10(6-3-9,7-4-9)8(11)12/h2,5H,3-4,6-7H2,1H3,(H,11,12)/p-1. The molecule has 0 radical (unpaired) electrons. The van der Waals surface area contributed by atoms with Gasteiger partial charge in [-0.3, -0.25) is 0 Å². The highest BCUT2D eigenvalue weighted by Crippen LogP contribution is 2.51. The van der Waals surface area contributed by atoms with Crippen molar-refractivity contribution in [3.05, 3.63) is 12.2 Å². The van der Waals surface area contributed by atoms with Gasteiger partial charge in [-0.2, -0.15) is 0 Å². The zero-order valence-electron chi connectivity index (χ0n) is 7.30. The summed E-state index contributed by atoms with van der Waals surface area (Å²) >= 11 is 0. The van der Waals surface area contributed by atoms with E-state index in [2.05, 4.69) is 13.0 Å². The Bertz CT molecular complexity index is 245. The molecule has 0 heterocycles. The van der Waals surface area contributed by atoms with Crippen LogP contribution in [0.4, 0.5) is 0 Å². The predicted molar refractivity (Wildman–Crippen MR) is 43.2 cm³/mol. The first-order valence-corrected chi connectivity index (χ1v) is 4.48. The molecule has 2 heteroatoms. The van der Waals surface area contributed by atoms with E-state index in [-0.39, 0.29) is 5.41 Å². The van der Waals surface area contributed by atoms with Crippen LogP contribution in [0.15, 0.2) is 12.2 Å². The first-order valence-electron chi connectivity index (χ1n) is 4.48. The Morgan fingerprint density at radius 3 is 2.17 bits per heavy atom. The fraction of sp³-hybridized carbons (Fsp3) is 0.700. The molecule has 1 saturated carbocycles. The first-order chi connectivity index (χ1) is 5.56. The van der Waals surface area contributed by atoms with Crippen LogP contribution >= 0.6 is 0 Å². The van der Waals surface area contributed by atoms with Crippen molar-refractivity contribution in [1.82, 2.24) is 0 Å². The maximum absolute atomic E-state index is 10.9. The third-order valence-electron chi connectivity index (χ3n) is 3.50. The molecule has 0 unspecified atom stereocenters. The van der Waals surface area contributed by atoms with Crippen LogP contribution < -0.4 is 5.11 Å². The Labute approximate surface area is 72.3 Å². The van der Waals surface area contributed by atoms with E-state index in [1.165, 1.54) is 0 Å². The topological polar surface area (TPSA) is 40.1 Å². The molecule has 0 atom stereocenters. The molecule has 0 saturated heterocycles. The Kier molecular flexibility index (Phi) is 1.39. The average molecular weight is 165 g/mol. The maximum atomic E-state index is 10.9. The van der Waals surface area contributed by atoms with Gasteiger partial charge >= 0.3 is 0 Å². The largest absolute Gasteiger partial charge is 0.549 e. The van der Waals surface area contributed by atoms with Crippen LogP contribution in [0, 0.1) is 10.8 Å². The van der Waals surface area contributed by atoms with Crippen LogP contribution in [0.5, 0.6) is 0 Å². The molecule has 3 aliphatic carbocycles. The summed E-state index contributed by atoms with van der Waals surface area (Å²) < 4.78 is 0. The van der Waals surface area contributed by atoms with Gasteiger partial charge in [0.2, 0.25) is 0 Å². The van der Waals surface area contributed by atoms with Crippen molar-refractivity contribution < 1.29 is 9.90 Å². The van der Waals surface area contributed by atoms with Crippen molar-refractivity contribution in [2.24, 2.45) is 10.8 Å². The highest BCUT2D eigenvalue weighted by molar-refractivity contribution is 5.75. The van der Waals surface area contributed by atoms with E-state index in [1.54, 1.807) is 0 Å². The van der Waals surface area contributed by atoms with Crippen LogP contribution in [0.25, 0.3) is 0 Å². The van der Waals surface area contributed by atoms with Gasteiger partial charge in [-0.05, 0) is 31.1 Å². The summed E-state index contributed by atoms with van der Waals surface area (Å²) in [5, 5.41) is 10.9. The van der Waals surface area contributed by atoms with Gasteiger partial charge in [0.05, 0.1) is 5.97 Å². The van der Waals surface area contributed by atoms with Crippen LogP contribution in [0.1, 0.15) is 32.6 Å². The number of carbonyl (C=O) groups excluding carboxylic acids is 1. The predicted octanol–water partition coefficient (Wildman–Crippen LogP) is 0.873. The number of carbonyl (C=O) groups is 1. The van der Waals surface area contributed by atoms with E-state index in [1.807, 2.05) is 6.08 Å². The Balaban J connectivity index is 2.34. The minimum atomic E-state index is -0.888.